The molecule has 0 radical (unpaired) electrons. The second-order valence-electron chi connectivity index (χ2n) is 27.7. The lowest BCUT2D eigenvalue weighted by Gasteiger charge is -2.49. The van der Waals surface area contributed by atoms with E-state index < -0.39 is 156 Å². The van der Waals surface area contributed by atoms with E-state index >= 15 is 0 Å². The Labute approximate surface area is 592 Å². The van der Waals surface area contributed by atoms with Gasteiger partial charge in [0.15, 0.2) is 18.7 Å². The normalized spacial score (nSPS) is 27.6. The summed E-state index contributed by atoms with van der Waals surface area (Å²) < 4.78 is 65.0. The fourth-order valence-electron chi connectivity index (χ4n) is 12.6. The molecule has 2 heterocycles. The highest BCUT2D eigenvalue weighted by Crippen LogP contribution is 2.49. The van der Waals surface area contributed by atoms with Crippen molar-refractivity contribution in [2.24, 2.45) is 0 Å². The highest BCUT2D eigenvalue weighted by molar-refractivity contribution is 7.47. The van der Waals surface area contributed by atoms with E-state index in [4.69, 9.17) is 42.2 Å². The Morgan fingerprint density at radius 3 is 1.10 bits per heavy atom. The number of phosphoric acid groups is 1. The Balaban J connectivity index is 1.73. The Morgan fingerprint density at radius 1 is 0.384 bits per heavy atom. The summed E-state index contributed by atoms with van der Waals surface area (Å²) in [5.41, 5.74) is 0. The minimum atomic E-state index is -5.70. The number of hydrogen-bond acceptors (Lipinski definition) is 23. The van der Waals surface area contributed by atoms with E-state index in [1.54, 1.807) is 0 Å². The second kappa shape index (κ2) is 55.9. The number of phosphoric ester groups is 1. The molecule has 0 bridgehead atoms. The van der Waals surface area contributed by atoms with E-state index in [-0.39, 0.29) is 19.3 Å². The number of carbonyl (C=O) groups is 3. The van der Waals surface area contributed by atoms with Gasteiger partial charge in [-0.25, -0.2) is 4.57 Å². The number of carbonyl (C=O) groups excluding carboxylic acids is 3. The summed E-state index contributed by atoms with van der Waals surface area (Å²) in [6.45, 7) is 3.42. The van der Waals surface area contributed by atoms with Gasteiger partial charge in [0.25, 0.3) is 0 Å². The molecule has 580 valence electrons. The van der Waals surface area contributed by atoms with E-state index in [9.17, 15) is 74.9 Å². The van der Waals surface area contributed by atoms with Crippen LogP contribution in [0.4, 0.5) is 0 Å². The summed E-state index contributed by atoms with van der Waals surface area (Å²) in [6.07, 6.45) is 16.7. The average molecular weight is 1440 g/mol. The first kappa shape index (κ1) is 90.7. The molecule has 0 aromatic heterocycles. The topological polar surface area (TPSA) is 374 Å². The minimum absolute atomic E-state index is 0.00802. The number of ether oxygens (including phenoxy) is 7. The van der Waals surface area contributed by atoms with E-state index in [0.717, 1.165) is 96.3 Å². The number of unbranched alkanes of at least 4 members (excludes halogenated alkanes) is 35. The van der Waals surface area contributed by atoms with Gasteiger partial charge in [-0.1, -0.05) is 231 Å². The lowest BCUT2D eigenvalue weighted by Crippen LogP contribution is -2.69. The third-order valence-corrected chi connectivity index (χ3v) is 19.9. The van der Waals surface area contributed by atoms with Crippen molar-refractivity contribution in [1.29, 1.82) is 0 Å². The summed E-state index contributed by atoms with van der Waals surface area (Å²) in [6, 6.07) is 0. The van der Waals surface area contributed by atoms with Gasteiger partial charge in [-0.05, 0) is 70.6 Å². The number of allylic oxidation sites excluding steroid dienone is 4. The van der Waals surface area contributed by atoms with Crippen molar-refractivity contribution in [2.75, 3.05) is 26.4 Å². The summed E-state index contributed by atoms with van der Waals surface area (Å²) in [5.74, 6) is -2.02. The summed E-state index contributed by atoms with van der Waals surface area (Å²) in [5, 5.41) is 110. The van der Waals surface area contributed by atoms with E-state index in [1.807, 2.05) is 0 Å². The van der Waals surface area contributed by atoms with Crippen molar-refractivity contribution in [3.8, 4) is 0 Å². The molecule has 1 saturated carbocycles. The van der Waals surface area contributed by atoms with Crippen molar-refractivity contribution in [3.63, 3.8) is 0 Å². The van der Waals surface area contributed by atoms with Crippen LogP contribution in [0.3, 0.4) is 0 Å². The molecule has 0 aromatic rings. The zero-order chi connectivity index (χ0) is 72.5. The van der Waals surface area contributed by atoms with Crippen LogP contribution in [-0.4, -0.2) is 204 Å². The van der Waals surface area contributed by atoms with Gasteiger partial charge in [-0.3, -0.25) is 23.4 Å². The van der Waals surface area contributed by atoms with Crippen LogP contribution in [-0.2, 0) is 61.2 Å². The maximum Gasteiger partial charge on any atom is 0.472 e. The third kappa shape index (κ3) is 38.9. The highest BCUT2D eigenvalue weighted by Gasteiger charge is 2.58. The summed E-state index contributed by atoms with van der Waals surface area (Å²) in [4.78, 5) is 51.0. The Kier molecular flexibility index (Phi) is 51.2. The Bertz CT molecular complexity index is 2140. The van der Waals surface area contributed by atoms with Gasteiger partial charge in [-0.15, -0.1) is 0 Å². The van der Waals surface area contributed by atoms with Crippen LogP contribution in [0.2, 0.25) is 0 Å². The maximum atomic E-state index is 14.3. The predicted molar refractivity (Wildman–Crippen MR) is 374 cm³/mol. The minimum Gasteiger partial charge on any atom is -0.463 e. The number of aliphatic hydroxyl groups is 10. The molecule has 2 saturated heterocycles. The second-order valence-corrected chi connectivity index (χ2v) is 29.1. The number of aliphatic hydroxyl groups excluding tert-OH is 10. The Hall–Kier alpha value is -2.56. The average Bonchev–Trinajstić information content (AvgIpc) is 0.762. The molecular formula is C74H135O24P. The molecular weight excluding hydrogens is 1300 g/mol. The lowest BCUT2D eigenvalue weighted by molar-refractivity contribution is -0.360. The SMILES string of the molecule is CCCCCCCC/C=C\CCCCCC(=O)OCC(COP(=O)(O)OC1C(OC2OC(CO)C(O)C(O)C2O)C(O)C(O)C(O)C1OC1OC(COC(=O)CCCCC/C=C\CCCCCCCCC)C(O)C(O)C1O)OC(=O)CCCCCCCCCCCCCCCCCCC. The van der Waals surface area contributed by atoms with Crippen LogP contribution >= 0.6 is 7.82 Å². The van der Waals surface area contributed by atoms with Gasteiger partial charge in [0.05, 0.1) is 13.2 Å². The monoisotopic (exact) mass is 1440 g/mol. The molecule has 3 rings (SSSR count). The van der Waals surface area contributed by atoms with Gasteiger partial charge in [0, 0.05) is 19.3 Å². The van der Waals surface area contributed by atoms with Crippen LogP contribution in [0.15, 0.2) is 24.3 Å². The number of rotatable bonds is 60. The molecule has 3 fully saturated rings. The van der Waals surface area contributed by atoms with Crippen LogP contribution in [0.5, 0.6) is 0 Å². The smallest absolute Gasteiger partial charge is 0.463 e. The van der Waals surface area contributed by atoms with Crippen molar-refractivity contribution in [3.05, 3.63) is 24.3 Å². The molecule has 11 N–H and O–H groups in total. The van der Waals surface area contributed by atoms with Crippen LogP contribution in [0.25, 0.3) is 0 Å². The fourth-order valence-corrected chi connectivity index (χ4v) is 13.6. The van der Waals surface area contributed by atoms with E-state index in [1.165, 1.54) is 141 Å². The largest absolute Gasteiger partial charge is 0.472 e. The number of esters is 3. The lowest BCUT2D eigenvalue weighted by atomic mass is 9.84. The predicted octanol–water partition coefficient (Wildman–Crippen LogP) is 10.9. The quantitative estimate of drug-likeness (QED) is 0.00886. The summed E-state index contributed by atoms with van der Waals surface area (Å²) >= 11 is 0. The third-order valence-electron chi connectivity index (χ3n) is 19.0. The molecule has 3 aliphatic rings. The van der Waals surface area contributed by atoms with Crippen LogP contribution in [0.1, 0.15) is 297 Å². The standard InChI is InChI=1S/C74H135O24P/c1-4-7-10-13-16-19-22-25-27-28-29-32-35-38-41-44-47-50-60(78)93-55(52-90-58(76)48-45-42-39-36-33-30-24-21-18-15-12-9-6-3)53-92-99(88,89)98-72-70(96-73-68(86)63(81)61(79)56(51-75)94-73)66(84)65(83)67(85)71(72)97-74-69(87)64(82)62(80)57(95-74)54-91-59(77)49-46-43-40-37-34-31-26-23-20-17-14-11-8-5-2/h30-31,33-34,55-57,61-75,79-87H,4-29,32,35-54H2,1-3H3,(H,88,89)/b33-30-,34-31-. The first-order chi connectivity index (χ1) is 47.8. The Morgan fingerprint density at radius 2 is 0.707 bits per heavy atom. The first-order valence-corrected chi connectivity index (χ1v) is 40.1. The first-order valence-electron chi connectivity index (χ1n) is 38.6. The van der Waals surface area contributed by atoms with Gasteiger partial charge in [0.1, 0.15) is 98.7 Å². The molecule has 24 nitrogen and oxygen atoms in total. The molecule has 1 aliphatic carbocycles. The molecule has 25 heteroatoms. The molecule has 0 spiro atoms. The van der Waals surface area contributed by atoms with Crippen molar-refractivity contribution in [2.45, 2.75) is 401 Å². The highest BCUT2D eigenvalue weighted by atomic mass is 31.2. The molecule has 0 amide bonds. The molecule has 18 atom stereocenters. The van der Waals surface area contributed by atoms with E-state index in [0.29, 0.717) is 19.3 Å². The van der Waals surface area contributed by atoms with Crippen molar-refractivity contribution in [1.82, 2.24) is 0 Å². The van der Waals surface area contributed by atoms with Crippen LogP contribution < -0.4 is 0 Å². The van der Waals surface area contributed by atoms with Gasteiger partial charge < -0.3 is 89.1 Å². The zero-order valence-electron chi connectivity index (χ0n) is 60.5. The maximum absolute atomic E-state index is 14.3. The van der Waals surface area contributed by atoms with Crippen LogP contribution in [0, 0.1) is 0 Å². The zero-order valence-corrected chi connectivity index (χ0v) is 61.4. The molecule has 18 unspecified atom stereocenters. The molecule has 0 aromatic carbocycles. The van der Waals surface area contributed by atoms with Gasteiger partial charge in [0.2, 0.25) is 0 Å². The number of hydrogen-bond donors (Lipinski definition) is 11. The van der Waals surface area contributed by atoms with Gasteiger partial charge in [-0.2, -0.15) is 0 Å². The molecule has 2 aliphatic heterocycles. The van der Waals surface area contributed by atoms with E-state index in [2.05, 4.69) is 45.1 Å². The fraction of sp³-hybridized carbons (Fsp3) is 0.905. The summed E-state index contributed by atoms with van der Waals surface area (Å²) in [7, 11) is -5.70. The van der Waals surface area contributed by atoms with Crippen molar-refractivity contribution >= 4 is 25.7 Å². The van der Waals surface area contributed by atoms with Crippen molar-refractivity contribution < 1.29 is 117 Å². The van der Waals surface area contributed by atoms with Gasteiger partial charge >= 0.3 is 25.7 Å². The molecule has 99 heavy (non-hydrogen) atoms.